The quantitative estimate of drug-likeness (QED) is 0.205. The van der Waals surface area contributed by atoms with Crippen LogP contribution in [-0.2, 0) is 19.1 Å². The average Bonchev–Trinajstić information content (AvgIpc) is 2.74. The first kappa shape index (κ1) is 22.1. The van der Waals surface area contributed by atoms with E-state index in [9.17, 15) is 19.2 Å². The number of amides is 1. The van der Waals surface area contributed by atoms with Gasteiger partial charge in [0.25, 0.3) is 5.91 Å². The van der Waals surface area contributed by atoms with Crippen molar-refractivity contribution in [2.24, 2.45) is 5.10 Å². The van der Waals surface area contributed by atoms with Crippen molar-refractivity contribution < 1.29 is 28.7 Å². The van der Waals surface area contributed by atoms with Crippen molar-refractivity contribution in [2.45, 2.75) is 6.92 Å². The van der Waals surface area contributed by atoms with Gasteiger partial charge in [0.2, 0.25) is 0 Å². The van der Waals surface area contributed by atoms with Gasteiger partial charge in [0.15, 0.2) is 11.5 Å². The maximum absolute atomic E-state index is 12.5. The van der Waals surface area contributed by atoms with Gasteiger partial charge < -0.3 is 20.5 Å². The molecule has 0 unspecified atom stereocenters. The van der Waals surface area contributed by atoms with E-state index >= 15 is 0 Å². The van der Waals surface area contributed by atoms with Gasteiger partial charge in [-0.3, -0.25) is 15.0 Å². The number of esters is 2. The number of carbonyl (C=O) groups is 4. The minimum absolute atomic E-state index is 0.0377. The first-order chi connectivity index (χ1) is 14.3. The molecule has 0 spiro atoms. The molecule has 0 bridgehead atoms. The van der Waals surface area contributed by atoms with Gasteiger partial charge in [-0.25, -0.2) is 9.59 Å². The van der Waals surface area contributed by atoms with Crippen molar-refractivity contribution in [2.75, 3.05) is 30.7 Å². The molecule has 0 fully saturated rings. The third-order valence-electron chi connectivity index (χ3n) is 3.85. The van der Waals surface area contributed by atoms with E-state index in [1.165, 1.54) is 32.4 Å². The minimum Gasteiger partial charge on any atom is -0.465 e. The molecule has 0 heterocycles. The number of Topliss-reactive ketones (excluding diaryl/α,β-unsaturated/α-hetero) is 1. The number of ketones is 1. The summed E-state index contributed by atoms with van der Waals surface area (Å²) in [5.74, 6) is -2.76. The Morgan fingerprint density at radius 3 is 2.13 bits per heavy atom. The molecule has 0 saturated heterocycles. The molecule has 2 aromatic rings. The molecule has 4 N–H and O–H groups in total. The van der Waals surface area contributed by atoms with Crippen LogP contribution in [0.5, 0.6) is 0 Å². The molecule has 10 nitrogen and oxygen atoms in total. The Balaban J connectivity index is 2.35. The van der Waals surface area contributed by atoms with Gasteiger partial charge in [-0.15, -0.1) is 0 Å². The second kappa shape index (κ2) is 9.82. The van der Waals surface area contributed by atoms with Gasteiger partial charge >= 0.3 is 11.9 Å². The van der Waals surface area contributed by atoms with Gasteiger partial charge in [-0.05, 0) is 42.5 Å². The van der Waals surface area contributed by atoms with Gasteiger partial charge in [0.1, 0.15) is 0 Å². The number of rotatable bonds is 7. The highest BCUT2D eigenvalue weighted by atomic mass is 16.5. The number of nitrogens with two attached hydrogens (primary N) is 1. The van der Waals surface area contributed by atoms with Crippen LogP contribution in [0, 0.1) is 0 Å². The number of nitrogen functional groups attached to an aromatic ring is 1. The summed E-state index contributed by atoms with van der Waals surface area (Å²) < 4.78 is 9.34. The second-order valence-electron chi connectivity index (χ2n) is 5.95. The lowest BCUT2D eigenvalue weighted by atomic mass is 10.1. The Kier molecular flexibility index (Phi) is 7.23. The van der Waals surface area contributed by atoms with Crippen molar-refractivity contribution in [3.63, 3.8) is 0 Å². The Bertz CT molecular complexity index is 1010. The highest BCUT2D eigenvalue weighted by Gasteiger charge is 2.19. The standard InChI is InChI=1S/C20H20N4O6/c1-11(25)17(18(26)22-14-7-5-13(21)6-8-14)24-23-16-10-12(19(27)29-2)4-9-15(16)20(28)30-3/h4-10,23H,21H2,1-3H3,(H,22,26)/b24-17-. The summed E-state index contributed by atoms with van der Waals surface area (Å²) in [4.78, 5) is 48.1. The number of anilines is 3. The normalized spacial score (nSPS) is 10.7. The number of benzene rings is 2. The second-order valence-corrected chi connectivity index (χ2v) is 5.95. The zero-order valence-corrected chi connectivity index (χ0v) is 16.5. The van der Waals surface area contributed by atoms with Crippen LogP contribution in [0.25, 0.3) is 0 Å². The van der Waals surface area contributed by atoms with Crippen LogP contribution in [0.2, 0.25) is 0 Å². The largest absolute Gasteiger partial charge is 0.465 e. The van der Waals surface area contributed by atoms with E-state index in [4.69, 9.17) is 10.5 Å². The number of carbonyl (C=O) groups excluding carboxylic acids is 4. The summed E-state index contributed by atoms with van der Waals surface area (Å²) in [5.41, 5.74) is 8.76. The van der Waals surface area contributed by atoms with Crippen LogP contribution in [0.4, 0.5) is 17.1 Å². The minimum atomic E-state index is -0.775. The zero-order chi connectivity index (χ0) is 22.3. The SMILES string of the molecule is COC(=O)c1ccc(C(=O)OC)c(N/N=C(/C(C)=O)C(=O)Nc2ccc(N)cc2)c1. The highest BCUT2D eigenvalue weighted by Crippen LogP contribution is 2.20. The molecule has 0 saturated carbocycles. The molecular weight excluding hydrogens is 392 g/mol. The van der Waals surface area contributed by atoms with E-state index in [-0.39, 0.29) is 16.8 Å². The van der Waals surface area contributed by atoms with E-state index in [1.54, 1.807) is 24.3 Å². The number of nitrogens with zero attached hydrogens (tertiary/aromatic N) is 1. The Morgan fingerprint density at radius 2 is 1.57 bits per heavy atom. The Hall–Kier alpha value is -4.21. The molecule has 1 amide bonds. The summed E-state index contributed by atoms with van der Waals surface area (Å²) in [5, 5.41) is 6.35. The Morgan fingerprint density at radius 1 is 0.933 bits per heavy atom. The number of ether oxygens (including phenoxy) is 2. The maximum atomic E-state index is 12.5. The van der Waals surface area contributed by atoms with Crippen molar-refractivity contribution >= 4 is 46.4 Å². The third kappa shape index (κ3) is 5.41. The molecule has 0 atom stereocenters. The molecule has 156 valence electrons. The van der Waals surface area contributed by atoms with Crippen LogP contribution in [0.1, 0.15) is 27.6 Å². The van der Waals surface area contributed by atoms with Crippen molar-refractivity contribution in [1.29, 1.82) is 0 Å². The van der Waals surface area contributed by atoms with Gasteiger partial charge in [0.05, 0.1) is 31.0 Å². The summed E-state index contributed by atoms with van der Waals surface area (Å²) in [6.07, 6.45) is 0. The fraction of sp³-hybridized carbons (Fsp3) is 0.150. The van der Waals surface area contributed by atoms with Gasteiger partial charge in [-0.1, -0.05) is 0 Å². The molecule has 2 aromatic carbocycles. The molecule has 0 aliphatic heterocycles. The first-order valence-electron chi connectivity index (χ1n) is 8.59. The first-order valence-corrected chi connectivity index (χ1v) is 8.59. The number of hydrogen-bond acceptors (Lipinski definition) is 9. The molecule has 0 aliphatic carbocycles. The van der Waals surface area contributed by atoms with E-state index in [0.717, 1.165) is 6.92 Å². The lowest BCUT2D eigenvalue weighted by Crippen LogP contribution is -2.29. The summed E-state index contributed by atoms with van der Waals surface area (Å²) in [7, 11) is 2.39. The molecule has 0 aliphatic rings. The third-order valence-corrected chi connectivity index (χ3v) is 3.85. The van der Waals surface area contributed by atoms with Crippen molar-refractivity contribution in [3.8, 4) is 0 Å². The van der Waals surface area contributed by atoms with Crippen molar-refractivity contribution in [1.82, 2.24) is 0 Å². The number of nitrogens with one attached hydrogen (secondary N) is 2. The number of hydrogen-bond donors (Lipinski definition) is 3. The number of hydrazone groups is 1. The topological polar surface area (TPSA) is 149 Å². The van der Waals surface area contributed by atoms with E-state index in [0.29, 0.717) is 11.4 Å². The predicted octanol–water partition coefficient (Wildman–Crippen LogP) is 1.84. The molecule has 30 heavy (non-hydrogen) atoms. The number of methoxy groups -OCH3 is 2. The van der Waals surface area contributed by atoms with Crippen LogP contribution >= 0.6 is 0 Å². The molecule has 2 rings (SSSR count). The van der Waals surface area contributed by atoms with E-state index in [2.05, 4.69) is 20.6 Å². The van der Waals surface area contributed by atoms with Gasteiger partial charge in [0, 0.05) is 18.3 Å². The molecular formula is C20H20N4O6. The van der Waals surface area contributed by atoms with Crippen LogP contribution in [0.3, 0.4) is 0 Å². The average molecular weight is 412 g/mol. The van der Waals surface area contributed by atoms with Crippen LogP contribution < -0.4 is 16.5 Å². The fourth-order valence-corrected chi connectivity index (χ4v) is 2.33. The Labute approximate surface area is 172 Å². The molecule has 0 aromatic heterocycles. The van der Waals surface area contributed by atoms with E-state index < -0.39 is 29.3 Å². The summed E-state index contributed by atoms with van der Waals surface area (Å²) in [6, 6.07) is 10.3. The monoisotopic (exact) mass is 412 g/mol. The summed E-state index contributed by atoms with van der Waals surface area (Å²) in [6.45, 7) is 1.16. The van der Waals surface area contributed by atoms with Gasteiger partial charge in [-0.2, -0.15) is 5.10 Å². The molecule has 0 radical (unpaired) electrons. The van der Waals surface area contributed by atoms with Crippen LogP contribution in [-0.4, -0.2) is 43.6 Å². The lowest BCUT2D eigenvalue weighted by Gasteiger charge is -2.11. The predicted molar refractivity (Wildman–Crippen MR) is 110 cm³/mol. The van der Waals surface area contributed by atoms with Crippen LogP contribution in [0.15, 0.2) is 47.6 Å². The fourth-order valence-electron chi connectivity index (χ4n) is 2.33. The highest BCUT2D eigenvalue weighted by molar-refractivity contribution is 6.67. The van der Waals surface area contributed by atoms with E-state index in [1.807, 2.05) is 0 Å². The lowest BCUT2D eigenvalue weighted by molar-refractivity contribution is -0.114. The molecule has 10 heteroatoms. The zero-order valence-electron chi connectivity index (χ0n) is 16.5. The smallest absolute Gasteiger partial charge is 0.340 e. The maximum Gasteiger partial charge on any atom is 0.340 e. The van der Waals surface area contributed by atoms with Crippen molar-refractivity contribution in [3.05, 3.63) is 53.6 Å². The summed E-state index contributed by atoms with van der Waals surface area (Å²) >= 11 is 0.